The third-order valence-corrected chi connectivity index (χ3v) is 2.58. The molecule has 0 aliphatic carbocycles. The first-order valence-corrected chi connectivity index (χ1v) is 7.09. The van der Waals surface area contributed by atoms with Gasteiger partial charge in [0.2, 0.25) is 0 Å². The normalized spacial score (nSPS) is 11.6. The average molecular weight is 332 g/mol. The predicted octanol–water partition coefficient (Wildman–Crippen LogP) is 0.713. The first-order chi connectivity index (χ1) is 9.70. The summed E-state index contributed by atoms with van der Waals surface area (Å²) in [6.45, 7) is 1.95. The Balaban J connectivity index is 0.000000644. The number of rotatable bonds is 3. The highest BCUT2D eigenvalue weighted by Crippen LogP contribution is 2.19. The van der Waals surface area contributed by atoms with Gasteiger partial charge in [0, 0.05) is 0 Å². The van der Waals surface area contributed by atoms with Crippen LogP contribution in [0.2, 0.25) is 0 Å². The molecule has 0 aliphatic rings. The Kier molecular flexibility index (Phi) is 7.39. The van der Waals surface area contributed by atoms with Crippen molar-refractivity contribution < 1.29 is 32.9 Å². The SMILES string of the molecule is CC(c1ccccc1)n1cncc1C(=O)O.O.O=S(=O)(O)O. The first kappa shape index (κ1) is 19.7. The molecule has 1 atom stereocenters. The highest BCUT2D eigenvalue weighted by atomic mass is 32.3. The third-order valence-electron chi connectivity index (χ3n) is 2.58. The minimum atomic E-state index is -4.67. The van der Waals surface area contributed by atoms with E-state index in [1.165, 1.54) is 6.20 Å². The Hall–Kier alpha value is -2.27. The second-order valence-corrected chi connectivity index (χ2v) is 4.92. The number of imidazole rings is 1. The molecule has 9 nitrogen and oxygen atoms in total. The number of carboxylic acid groups (broad SMARTS) is 1. The highest BCUT2D eigenvalue weighted by molar-refractivity contribution is 7.79. The van der Waals surface area contributed by atoms with Gasteiger partial charge in [0.1, 0.15) is 5.69 Å². The number of benzene rings is 1. The molecule has 2 aromatic rings. The maximum absolute atomic E-state index is 11.0. The molecule has 22 heavy (non-hydrogen) atoms. The number of hydrogen-bond donors (Lipinski definition) is 3. The van der Waals surface area contributed by atoms with Crippen LogP contribution >= 0.6 is 0 Å². The smallest absolute Gasteiger partial charge is 0.394 e. The first-order valence-electron chi connectivity index (χ1n) is 5.70. The van der Waals surface area contributed by atoms with Crippen molar-refractivity contribution in [3.63, 3.8) is 0 Å². The topological polar surface area (TPSA) is 161 Å². The van der Waals surface area contributed by atoms with Crippen molar-refractivity contribution in [3.05, 3.63) is 54.1 Å². The fourth-order valence-electron chi connectivity index (χ4n) is 1.67. The van der Waals surface area contributed by atoms with Gasteiger partial charge in [-0.05, 0) is 12.5 Å². The van der Waals surface area contributed by atoms with Crippen molar-refractivity contribution in [1.29, 1.82) is 0 Å². The largest absolute Gasteiger partial charge is 0.477 e. The molecule has 1 aromatic carbocycles. The summed E-state index contributed by atoms with van der Waals surface area (Å²) in [6.07, 6.45) is 2.91. The lowest BCUT2D eigenvalue weighted by Gasteiger charge is -2.15. The van der Waals surface area contributed by atoms with E-state index < -0.39 is 16.4 Å². The molecule has 122 valence electrons. The lowest BCUT2D eigenvalue weighted by atomic mass is 10.1. The maximum atomic E-state index is 11.0. The van der Waals surface area contributed by atoms with Crippen molar-refractivity contribution >= 4 is 16.4 Å². The summed E-state index contributed by atoms with van der Waals surface area (Å²) >= 11 is 0. The van der Waals surface area contributed by atoms with Gasteiger partial charge in [-0.1, -0.05) is 30.3 Å². The second-order valence-electron chi connectivity index (χ2n) is 4.03. The van der Waals surface area contributed by atoms with E-state index in [4.69, 9.17) is 22.6 Å². The van der Waals surface area contributed by atoms with E-state index in [0.29, 0.717) is 0 Å². The van der Waals surface area contributed by atoms with Gasteiger partial charge in [-0.2, -0.15) is 8.42 Å². The van der Waals surface area contributed by atoms with E-state index in [0.717, 1.165) is 5.56 Å². The average Bonchev–Trinajstić information content (AvgIpc) is 2.86. The summed E-state index contributed by atoms with van der Waals surface area (Å²) in [5.74, 6) is -0.958. The molecule has 1 unspecified atom stereocenters. The van der Waals surface area contributed by atoms with Crippen LogP contribution in [-0.2, 0) is 10.4 Å². The number of nitrogens with zero attached hydrogens (tertiary/aromatic N) is 2. The molecule has 0 bridgehead atoms. The summed E-state index contributed by atoms with van der Waals surface area (Å²) in [4.78, 5) is 14.8. The van der Waals surface area contributed by atoms with Crippen LogP contribution in [0.25, 0.3) is 0 Å². The summed E-state index contributed by atoms with van der Waals surface area (Å²) in [5.41, 5.74) is 1.26. The molecule has 1 aromatic heterocycles. The molecule has 0 spiro atoms. The van der Waals surface area contributed by atoms with Gasteiger partial charge < -0.3 is 15.1 Å². The number of carbonyl (C=O) groups is 1. The highest BCUT2D eigenvalue weighted by Gasteiger charge is 2.15. The number of aromatic carboxylic acids is 1. The standard InChI is InChI=1S/C12H12N2O2.H2O4S.H2O/c1-9(10-5-3-2-4-6-10)14-8-13-7-11(14)12(15)16;1-5(2,3)4;/h2-9H,1H3,(H,15,16);(H2,1,2,3,4);1H2. The van der Waals surface area contributed by atoms with Gasteiger partial charge in [0.25, 0.3) is 0 Å². The van der Waals surface area contributed by atoms with Crippen LogP contribution in [0.15, 0.2) is 42.9 Å². The Bertz CT molecular complexity index is 689. The van der Waals surface area contributed by atoms with Crippen LogP contribution in [0.4, 0.5) is 0 Å². The Morgan fingerprint density at radius 3 is 2.18 bits per heavy atom. The molecule has 5 N–H and O–H groups in total. The molecule has 0 aliphatic heterocycles. The van der Waals surface area contributed by atoms with Crippen molar-refractivity contribution in [2.24, 2.45) is 0 Å². The lowest BCUT2D eigenvalue weighted by molar-refractivity contribution is 0.0684. The number of hydrogen-bond acceptors (Lipinski definition) is 4. The summed E-state index contributed by atoms with van der Waals surface area (Å²) in [6, 6.07) is 9.70. The van der Waals surface area contributed by atoms with Crippen LogP contribution in [0.1, 0.15) is 29.0 Å². The van der Waals surface area contributed by atoms with Crippen molar-refractivity contribution in [3.8, 4) is 0 Å². The minimum Gasteiger partial charge on any atom is -0.477 e. The van der Waals surface area contributed by atoms with Gasteiger partial charge in [-0.15, -0.1) is 0 Å². The monoisotopic (exact) mass is 332 g/mol. The molecule has 0 saturated heterocycles. The minimum absolute atomic E-state index is 0. The van der Waals surface area contributed by atoms with E-state index in [9.17, 15) is 4.79 Å². The van der Waals surface area contributed by atoms with E-state index in [1.54, 1.807) is 10.9 Å². The number of aromatic nitrogens is 2. The van der Waals surface area contributed by atoms with Crippen LogP contribution in [0, 0.1) is 0 Å². The van der Waals surface area contributed by atoms with Crippen LogP contribution < -0.4 is 0 Å². The zero-order valence-electron chi connectivity index (χ0n) is 11.5. The Labute approximate surface area is 126 Å². The molecule has 1 heterocycles. The quantitative estimate of drug-likeness (QED) is 0.697. The van der Waals surface area contributed by atoms with Gasteiger partial charge in [-0.25, -0.2) is 9.78 Å². The van der Waals surface area contributed by atoms with E-state index >= 15 is 0 Å². The van der Waals surface area contributed by atoms with E-state index in [1.807, 2.05) is 37.3 Å². The van der Waals surface area contributed by atoms with Gasteiger partial charge in [0.05, 0.1) is 18.6 Å². The zero-order chi connectivity index (χ0) is 16.0. The maximum Gasteiger partial charge on any atom is 0.394 e. The van der Waals surface area contributed by atoms with Crippen LogP contribution in [0.3, 0.4) is 0 Å². The third kappa shape index (κ3) is 6.45. The van der Waals surface area contributed by atoms with Crippen molar-refractivity contribution in [2.75, 3.05) is 0 Å². The Morgan fingerprint density at radius 2 is 1.73 bits per heavy atom. The van der Waals surface area contributed by atoms with Crippen LogP contribution in [-0.4, -0.2) is 43.6 Å². The fraction of sp³-hybridized carbons (Fsp3) is 0.167. The molecule has 0 saturated carbocycles. The van der Waals surface area contributed by atoms with Gasteiger partial charge in [0.15, 0.2) is 0 Å². The van der Waals surface area contributed by atoms with Crippen molar-refractivity contribution in [2.45, 2.75) is 13.0 Å². The Morgan fingerprint density at radius 1 is 1.23 bits per heavy atom. The fourth-order valence-corrected chi connectivity index (χ4v) is 1.67. The molecule has 0 fully saturated rings. The van der Waals surface area contributed by atoms with Gasteiger partial charge in [-0.3, -0.25) is 9.11 Å². The summed E-state index contributed by atoms with van der Waals surface area (Å²) in [7, 11) is -4.67. The molecule has 10 heteroatoms. The molecule has 2 rings (SSSR count). The summed E-state index contributed by atoms with van der Waals surface area (Å²) < 4.78 is 33.2. The van der Waals surface area contributed by atoms with Gasteiger partial charge >= 0.3 is 16.4 Å². The molecular weight excluding hydrogens is 316 g/mol. The van der Waals surface area contributed by atoms with E-state index in [-0.39, 0.29) is 17.2 Å². The molecule has 0 radical (unpaired) electrons. The molecule has 0 amide bonds. The lowest BCUT2D eigenvalue weighted by Crippen LogP contribution is -2.12. The second kappa shape index (κ2) is 8.24. The summed E-state index contributed by atoms with van der Waals surface area (Å²) in [5, 5.41) is 8.99. The number of carboxylic acids is 1. The van der Waals surface area contributed by atoms with Crippen LogP contribution in [0.5, 0.6) is 0 Å². The van der Waals surface area contributed by atoms with Crippen molar-refractivity contribution in [1.82, 2.24) is 9.55 Å². The van der Waals surface area contributed by atoms with E-state index in [2.05, 4.69) is 4.98 Å². The zero-order valence-corrected chi connectivity index (χ0v) is 12.3. The predicted molar refractivity (Wildman–Crippen MR) is 77.2 cm³/mol. The molecular formula is C12H16N2O7S.